The molecule has 1 aromatic carbocycles. The fraction of sp³-hybridized carbons (Fsp3) is 0.389. The summed E-state index contributed by atoms with van der Waals surface area (Å²) in [5.41, 5.74) is 1.16. The van der Waals surface area contributed by atoms with E-state index in [2.05, 4.69) is 20.2 Å². The van der Waals surface area contributed by atoms with E-state index in [-0.39, 0.29) is 16.8 Å². The molecule has 138 valence electrons. The molecule has 26 heavy (non-hydrogen) atoms. The highest BCUT2D eigenvalue weighted by atomic mass is 32.2. The zero-order valence-corrected chi connectivity index (χ0v) is 15.7. The van der Waals surface area contributed by atoms with Crippen molar-refractivity contribution in [3.05, 3.63) is 47.8 Å². The first-order valence-electron chi connectivity index (χ1n) is 8.48. The van der Waals surface area contributed by atoms with E-state index >= 15 is 0 Å². The molecular formula is C18H22N4O3S. The summed E-state index contributed by atoms with van der Waals surface area (Å²) in [7, 11) is -3.35. The van der Waals surface area contributed by atoms with Crippen LogP contribution in [-0.2, 0) is 9.84 Å². The number of aryl methyl sites for hydroxylation is 1. The van der Waals surface area contributed by atoms with Crippen molar-refractivity contribution in [2.75, 3.05) is 24.2 Å². The van der Waals surface area contributed by atoms with Crippen molar-refractivity contribution in [1.29, 1.82) is 0 Å². The van der Waals surface area contributed by atoms with Crippen molar-refractivity contribution in [2.24, 2.45) is 0 Å². The zero-order valence-electron chi connectivity index (χ0n) is 14.8. The normalized spacial score (nSPS) is 15.7. The first-order valence-corrected chi connectivity index (χ1v) is 10.4. The molecule has 1 fully saturated rings. The molecule has 0 bridgehead atoms. The third-order valence-corrected chi connectivity index (χ3v) is 5.66. The summed E-state index contributed by atoms with van der Waals surface area (Å²) in [6, 6.07) is 6.47. The van der Waals surface area contributed by atoms with Gasteiger partial charge in [-0.2, -0.15) is 0 Å². The van der Waals surface area contributed by atoms with Crippen LogP contribution in [0.15, 0.2) is 41.6 Å². The number of carbonyl (C=O) groups excluding carboxylic acids is 1. The third kappa shape index (κ3) is 4.19. The maximum absolute atomic E-state index is 12.6. The number of nitrogens with zero attached hydrogens (tertiary/aromatic N) is 3. The summed E-state index contributed by atoms with van der Waals surface area (Å²) in [6.07, 6.45) is 6.14. The van der Waals surface area contributed by atoms with Crippen LogP contribution in [0.5, 0.6) is 0 Å². The average Bonchev–Trinajstić information content (AvgIpc) is 2.62. The Balaban J connectivity index is 1.65. The van der Waals surface area contributed by atoms with Crippen LogP contribution in [0.4, 0.5) is 5.95 Å². The summed E-state index contributed by atoms with van der Waals surface area (Å²) in [5, 5.41) is 3.03. The number of carbonyl (C=O) groups is 1. The number of nitrogens with one attached hydrogen (secondary N) is 1. The summed E-state index contributed by atoms with van der Waals surface area (Å²) in [6.45, 7) is 3.32. The molecule has 1 amide bonds. The van der Waals surface area contributed by atoms with Gasteiger partial charge < -0.3 is 10.2 Å². The fourth-order valence-electron chi connectivity index (χ4n) is 3.02. The second-order valence-electron chi connectivity index (χ2n) is 6.53. The molecule has 0 radical (unpaired) electrons. The van der Waals surface area contributed by atoms with Crippen LogP contribution in [-0.4, -0.2) is 49.7 Å². The second kappa shape index (κ2) is 7.41. The molecule has 2 heterocycles. The van der Waals surface area contributed by atoms with Gasteiger partial charge in [0.25, 0.3) is 5.91 Å². The van der Waals surface area contributed by atoms with Gasteiger partial charge in [-0.15, -0.1) is 0 Å². The highest BCUT2D eigenvalue weighted by Gasteiger charge is 2.23. The van der Waals surface area contributed by atoms with Gasteiger partial charge in [-0.1, -0.05) is 6.07 Å². The van der Waals surface area contributed by atoms with Crippen LogP contribution < -0.4 is 10.2 Å². The molecule has 0 unspecified atom stereocenters. The van der Waals surface area contributed by atoms with Crippen LogP contribution in [0.3, 0.4) is 0 Å². The first kappa shape index (κ1) is 18.3. The number of aromatic nitrogens is 2. The maximum Gasteiger partial charge on any atom is 0.251 e. The van der Waals surface area contributed by atoms with Crippen molar-refractivity contribution in [3.63, 3.8) is 0 Å². The van der Waals surface area contributed by atoms with Gasteiger partial charge in [0.05, 0.1) is 4.90 Å². The summed E-state index contributed by atoms with van der Waals surface area (Å²) >= 11 is 0. The van der Waals surface area contributed by atoms with Gasteiger partial charge in [-0.05, 0) is 43.5 Å². The van der Waals surface area contributed by atoms with Crippen LogP contribution in [0, 0.1) is 6.92 Å². The molecule has 1 aliphatic rings. The van der Waals surface area contributed by atoms with Crippen LogP contribution >= 0.6 is 0 Å². The molecule has 0 atom stereocenters. The van der Waals surface area contributed by atoms with E-state index in [0.29, 0.717) is 11.5 Å². The molecule has 1 N–H and O–H groups in total. The van der Waals surface area contributed by atoms with Crippen LogP contribution in [0.1, 0.15) is 28.8 Å². The maximum atomic E-state index is 12.6. The minimum Gasteiger partial charge on any atom is -0.349 e. The standard InChI is InChI=1S/C18H22N4O3S/c1-13-4-5-15(26(2,24)25)12-16(13)17(23)21-14-6-10-22(11-7-14)18-19-8-3-9-20-18/h3-5,8-9,12,14H,6-7,10-11H2,1-2H3,(H,21,23). The lowest BCUT2D eigenvalue weighted by atomic mass is 10.0. The molecule has 0 aliphatic carbocycles. The number of rotatable bonds is 4. The molecule has 1 aliphatic heterocycles. The smallest absolute Gasteiger partial charge is 0.251 e. The molecule has 2 aromatic rings. The van der Waals surface area contributed by atoms with E-state index in [1.807, 2.05) is 0 Å². The lowest BCUT2D eigenvalue weighted by Gasteiger charge is -2.32. The van der Waals surface area contributed by atoms with Gasteiger partial charge in [-0.3, -0.25) is 4.79 Å². The summed E-state index contributed by atoms with van der Waals surface area (Å²) < 4.78 is 23.5. The predicted octanol–water partition coefficient (Wildman–Crippen LogP) is 1.59. The number of piperidine rings is 1. The Labute approximate surface area is 153 Å². The van der Waals surface area contributed by atoms with Crippen LogP contribution in [0.2, 0.25) is 0 Å². The molecule has 8 heteroatoms. The van der Waals surface area contributed by atoms with E-state index in [9.17, 15) is 13.2 Å². The van der Waals surface area contributed by atoms with Crippen molar-refractivity contribution in [1.82, 2.24) is 15.3 Å². The lowest BCUT2D eigenvalue weighted by molar-refractivity contribution is 0.0930. The fourth-order valence-corrected chi connectivity index (χ4v) is 3.67. The van der Waals surface area contributed by atoms with Gasteiger partial charge in [0.15, 0.2) is 9.84 Å². The second-order valence-corrected chi connectivity index (χ2v) is 8.55. The van der Waals surface area contributed by atoms with Crippen molar-refractivity contribution in [3.8, 4) is 0 Å². The van der Waals surface area contributed by atoms with Crippen molar-refractivity contribution >= 4 is 21.7 Å². The summed E-state index contributed by atoms with van der Waals surface area (Å²) in [4.78, 5) is 23.4. The first-order chi connectivity index (χ1) is 12.3. The van der Waals surface area contributed by atoms with Crippen molar-refractivity contribution < 1.29 is 13.2 Å². The Morgan fingerprint density at radius 2 is 1.85 bits per heavy atom. The molecule has 7 nitrogen and oxygen atoms in total. The highest BCUT2D eigenvalue weighted by molar-refractivity contribution is 7.90. The zero-order chi connectivity index (χ0) is 18.7. The van der Waals surface area contributed by atoms with Gasteiger partial charge in [-0.25, -0.2) is 18.4 Å². The Morgan fingerprint density at radius 3 is 2.46 bits per heavy atom. The average molecular weight is 374 g/mol. The summed E-state index contributed by atoms with van der Waals surface area (Å²) in [5.74, 6) is 0.469. The largest absolute Gasteiger partial charge is 0.349 e. The Bertz CT molecular complexity index is 892. The quantitative estimate of drug-likeness (QED) is 0.874. The Morgan fingerprint density at radius 1 is 1.19 bits per heavy atom. The number of anilines is 1. The monoisotopic (exact) mass is 374 g/mol. The molecular weight excluding hydrogens is 352 g/mol. The number of hydrogen-bond acceptors (Lipinski definition) is 6. The molecule has 1 saturated heterocycles. The number of amides is 1. The minimum absolute atomic E-state index is 0.0451. The van der Waals surface area contributed by atoms with Gasteiger partial charge in [0.2, 0.25) is 5.95 Å². The van der Waals surface area contributed by atoms with Gasteiger partial charge in [0, 0.05) is 43.3 Å². The number of benzene rings is 1. The lowest BCUT2D eigenvalue weighted by Crippen LogP contribution is -2.45. The molecule has 0 spiro atoms. The Kier molecular flexibility index (Phi) is 5.22. The van der Waals surface area contributed by atoms with E-state index in [1.165, 1.54) is 12.1 Å². The van der Waals surface area contributed by atoms with Gasteiger partial charge in [0.1, 0.15) is 0 Å². The topological polar surface area (TPSA) is 92.3 Å². The van der Waals surface area contributed by atoms with E-state index in [4.69, 9.17) is 0 Å². The van der Waals surface area contributed by atoms with Crippen molar-refractivity contribution in [2.45, 2.75) is 30.7 Å². The minimum atomic E-state index is -3.35. The SMILES string of the molecule is Cc1ccc(S(C)(=O)=O)cc1C(=O)NC1CCN(c2ncccn2)CC1. The van der Waals surface area contributed by atoms with Gasteiger partial charge >= 0.3 is 0 Å². The van der Waals surface area contributed by atoms with E-state index in [0.717, 1.165) is 37.8 Å². The number of hydrogen-bond donors (Lipinski definition) is 1. The molecule has 3 rings (SSSR count). The molecule has 0 saturated carbocycles. The van der Waals surface area contributed by atoms with E-state index in [1.54, 1.807) is 31.5 Å². The Hall–Kier alpha value is -2.48. The predicted molar refractivity (Wildman–Crippen MR) is 99.0 cm³/mol. The molecule has 1 aromatic heterocycles. The third-order valence-electron chi connectivity index (χ3n) is 4.55. The highest BCUT2D eigenvalue weighted by Crippen LogP contribution is 2.18. The number of sulfone groups is 1. The van der Waals surface area contributed by atoms with E-state index < -0.39 is 9.84 Å². The van der Waals surface area contributed by atoms with Crippen LogP contribution in [0.25, 0.3) is 0 Å².